The number of hydrogen-bond acceptors (Lipinski definition) is 6. The van der Waals surface area contributed by atoms with E-state index >= 15 is 0 Å². The summed E-state index contributed by atoms with van der Waals surface area (Å²) in [6.07, 6.45) is 0.268. The molecule has 0 spiro atoms. The highest BCUT2D eigenvalue weighted by atomic mass is 32.2. The molecule has 0 radical (unpaired) electrons. The predicted molar refractivity (Wildman–Crippen MR) is 140 cm³/mol. The van der Waals surface area contributed by atoms with Crippen LogP contribution in [0.3, 0.4) is 0 Å². The number of anilines is 1. The largest absolute Gasteiger partial charge is 0.326 e. The highest BCUT2D eigenvalue weighted by molar-refractivity contribution is 7.98. The molecular formula is C26H29N5OS2. The fraction of sp³-hybridized carbons (Fsp3) is 0.308. The number of nitrogens with zero attached hydrogens (tertiary/aromatic N) is 4. The lowest BCUT2D eigenvalue weighted by Crippen LogP contribution is -2.14. The number of hydrogen-bond donors (Lipinski definition) is 1. The van der Waals surface area contributed by atoms with E-state index in [1.54, 1.807) is 11.8 Å². The van der Waals surface area contributed by atoms with Crippen molar-refractivity contribution in [3.05, 3.63) is 76.2 Å². The molecule has 0 bridgehead atoms. The van der Waals surface area contributed by atoms with Crippen molar-refractivity contribution in [1.82, 2.24) is 19.7 Å². The first-order valence-corrected chi connectivity index (χ1v) is 13.1. The van der Waals surface area contributed by atoms with E-state index < -0.39 is 0 Å². The van der Waals surface area contributed by atoms with E-state index in [4.69, 9.17) is 0 Å². The standard InChI is InChI=1S/C26H29N5OS2/c1-5-31-24(18-11-13-19(14-12-18)26(2,3)4)29-30-25(31)34-17-21-16-33-23(28-21)15-22(32)27-20-9-7-6-8-10-20/h6-14,16H,5,15,17H2,1-4H3,(H,27,32). The molecule has 4 rings (SSSR count). The van der Waals surface area contributed by atoms with E-state index in [0.717, 1.165) is 39.5 Å². The minimum atomic E-state index is -0.0624. The molecule has 8 heteroatoms. The summed E-state index contributed by atoms with van der Waals surface area (Å²) in [5.41, 5.74) is 4.22. The molecule has 2 aromatic carbocycles. The van der Waals surface area contributed by atoms with E-state index in [2.05, 4.69) is 77.0 Å². The molecule has 176 valence electrons. The minimum absolute atomic E-state index is 0.0624. The van der Waals surface area contributed by atoms with Gasteiger partial charge < -0.3 is 9.88 Å². The van der Waals surface area contributed by atoms with Crippen molar-refractivity contribution in [3.63, 3.8) is 0 Å². The van der Waals surface area contributed by atoms with Crippen LogP contribution < -0.4 is 5.32 Å². The Morgan fingerprint density at radius 2 is 1.79 bits per heavy atom. The highest BCUT2D eigenvalue weighted by Gasteiger charge is 2.17. The number of thiazole rings is 1. The average Bonchev–Trinajstić information content (AvgIpc) is 3.44. The maximum atomic E-state index is 12.3. The van der Waals surface area contributed by atoms with Crippen LogP contribution in [0.2, 0.25) is 0 Å². The number of aromatic nitrogens is 4. The molecule has 2 heterocycles. The molecule has 4 aromatic rings. The number of rotatable bonds is 8. The van der Waals surface area contributed by atoms with Gasteiger partial charge in [0.05, 0.1) is 12.1 Å². The molecule has 0 aliphatic heterocycles. The van der Waals surface area contributed by atoms with Gasteiger partial charge in [-0.2, -0.15) is 0 Å². The van der Waals surface area contributed by atoms with Crippen molar-refractivity contribution in [2.75, 3.05) is 5.32 Å². The van der Waals surface area contributed by atoms with Gasteiger partial charge in [0, 0.05) is 28.9 Å². The lowest BCUT2D eigenvalue weighted by Gasteiger charge is -2.19. The first kappa shape index (κ1) is 24.2. The Morgan fingerprint density at radius 1 is 1.06 bits per heavy atom. The van der Waals surface area contributed by atoms with Crippen LogP contribution in [0.1, 0.15) is 44.0 Å². The fourth-order valence-corrected chi connectivity index (χ4v) is 5.31. The van der Waals surface area contributed by atoms with Crippen LogP contribution in [-0.4, -0.2) is 25.7 Å². The first-order valence-electron chi connectivity index (χ1n) is 11.3. The van der Waals surface area contributed by atoms with Crippen molar-refractivity contribution in [3.8, 4) is 11.4 Å². The molecular weight excluding hydrogens is 462 g/mol. The van der Waals surface area contributed by atoms with Gasteiger partial charge in [0.2, 0.25) is 5.91 Å². The van der Waals surface area contributed by atoms with Gasteiger partial charge in [0.25, 0.3) is 0 Å². The monoisotopic (exact) mass is 491 g/mol. The van der Waals surface area contributed by atoms with Gasteiger partial charge in [-0.3, -0.25) is 4.79 Å². The van der Waals surface area contributed by atoms with Crippen LogP contribution in [0, 0.1) is 0 Å². The zero-order chi connectivity index (χ0) is 24.1. The summed E-state index contributed by atoms with van der Waals surface area (Å²) in [4.78, 5) is 16.9. The first-order chi connectivity index (χ1) is 16.3. The van der Waals surface area contributed by atoms with Crippen LogP contribution in [0.4, 0.5) is 5.69 Å². The zero-order valence-corrected chi connectivity index (χ0v) is 21.5. The van der Waals surface area contributed by atoms with E-state index in [9.17, 15) is 4.79 Å². The molecule has 0 atom stereocenters. The van der Waals surface area contributed by atoms with Crippen LogP contribution in [0.5, 0.6) is 0 Å². The van der Waals surface area contributed by atoms with E-state index in [1.165, 1.54) is 16.9 Å². The Hall–Kier alpha value is -2.97. The van der Waals surface area contributed by atoms with Gasteiger partial charge >= 0.3 is 0 Å². The summed E-state index contributed by atoms with van der Waals surface area (Å²) in [7, 11) is 0. The molecule has 6 nitrogen and oxygen atoms in total. The lowest BCUT2D eigenvalue weighted by molar-refractivity contribution is -0.115. The maximum Gasteiger partial charge on any atom is 0.231 e. The summed E-state index contributed by atoms with van der Waals surface area (Å²) in [6, 6.07) is 18.1. The number of carbonyl (C=O) groups excluding carboxylic acids is 1. The average molecular weight is 492 g/mol. The molecule has 0 aliphatic rings. The summed E-state index contributed by atoms with van der Waals surface area (Å²) >= 11 is 3.13. The van der Waals surface area contributed by atoms with Crippen molar-refractivity contribution in [2.45, 2.75) is 57.0 Å². The Kier molecular flexibility index (Phi) is 7.48. The van der Waals surface area contributed by atoms with Gasteiger partial charge in [-0.25, -0.2) is 4.98 Å². The van der Waals surface area contributed by atoms with Crippen molar-refractivity contribution in [1.29, 1.82) is 0 Å². The molecule has 0 saturated heterocycles. The molecule has 0 saturated carbocycles. The molecule has 0 aliphatic carbocycles. The SMILES string of the molecule is CCn1c(SCc2csc(CC(=O)Nc3ccccc3)n2)nnc1-c1ccc(C(C)(C)C)cc1. The van der Waals surface area contributed by atoms with Gasteiger partial charge in [0.1, 0.15) is 5.01 Å². The number of carbonyl (C=O) groups is 1. The second kappa shape index (κ2) is 10.5. The maximum absolute atomic E-state index is 12.3. The number of nitrogens with one attached hydrogen (secondary N) is 1. The quantitative estimate of drug-likeness (QED) is 0.297. The number of benzene rings is 2. The summed E-state index contributed by atoms with van der Waals surface area (Å²) in [6.45, 7) is 9.53. The Labute approximate surface area is 208 Å². The summed E-state index contributed by atoms with van der Waals surface area (Å²) < 4.78 is 2.14. The van der Waals surface area contributed by atoms with E-state index in [0.29, 0.717) is 5.75 Å². The predicted octanol–water partition coefficient (Wildman–Crippen LogP) is 6.19. The van der Waals surface area contributed by atoms with Gasteiger partial charge in [-0.1, -0.05) is 75.0 Å². The molecule has 0 fully saturated rings. The number of amides is 1. The molecule has 1 N–H and O–H groups in total. The minimum Gasteiger partial charge on any atom is -0.326 e. The van der Waals surface area contributed by atoms with Crippen LogP contribution in [0.15, 0.2) is 65.1 Å². The number of thioether (sulfide) groups is 1. The van der Waals surface area contributed by atoms with Crippen molar-refractivity contribution in [2.24, 2.45) is 0 Å². The van der Waals surface area contributed by atoms with Crippen molar-refractivity contribution < 1.29 is 4.79 Å². The Morgan fingerprint density at radius 3 is 2.47 bits per heavy atom. The third kappa shape index (κ3) is 5.93. The third-order valence-electron chi connectivity index (χ3n) is 5.36. The van der Waals surface area contributed by atoms with Crippen LogP contribution in [0.25, 0.3) is 11.4 Å². The van der Waals surface area contributed by atoms with Crippen LogP contribution >= 0.6 is 23.1 Å². The van der Waals surface area contributed by atoms with E-state index in [1.807, 2.05) is 35.7 Å². The second-order valence-corrected chi connectivity index (χ2v) is 10.9. The fourth-order valence-electron chi connectivity index (χ4n) is 3.51. The summed E-state index contributed by atoms with van der Waals surface area (Å²) in [5, 5.41) is 15.5. The normalized spacial score (nSPS) is 11.5. The highest BCUT2D eigenvalue weighted by Crippen LogP contribution is 2.29. The smallest absolute Gasteiger partial charge is 0.231 e. The van der Waals surface area contributed by atoms with Gasteiger partial charge in [-0.05, 0) is 30.0 Å². The topological polar surface area (TPSA) is 72.7 Å². The molecule has 34 heavy (non-hydrogen) atoms. The zero-order valence-electron chi connectivity index (χ0n) is 19.9. The second-order valence-electron chi connectivity index (χ2n) is 8.99. The van der Waals surface area contributed by atoms with Gasteiger partial charge in [-0.15, -0.1) is 21.5 Å². The summed E-state index contributed by atoms with van der Waals surface area (Å²) in [5.74, 6) is 1.49. The molecule has 1 amide bonds. The Balaban J connectivity index is 1.38. The van der Waals surface area contributed by atoms with Crippen LogP contribution in [-0.2, 0) is 28.9 Å². The molecule has 2 aromatic heterocycles. The molecule has 0 unspecified atom stereocenters. The third-order valence-corrected chi connectivity index (χ3v) is 7.26. The lowest BCUT2D eigenvalue weighted by atomic mass is 9.87. The number of para-hydroxylation sites is 1. The Bertz CT molecular complexity index is 1240. The van der Waals surface area contributed by atoms with E-state index in [-0.39, 0.29) is 17.7 Å². The van der Waals surface area contributed by atoms with Gasteiger partial charge in [0.15, 0.2) is 11.0 Å². The van der Waals surface area contributed by atoms with Crippen molar-refractivity contribution >= 4 is 34.7 Å².